The van der Waals surface area contributed by atoms with Gasteiger partial charge in [0.2, 0.25) is 11.5 Å². The smallest absolute Gasteiger partial charge is 0.352 e. The summed E-state index contributed by atoms with van der Waals surface area (Å²) in [6, 6.07) is 4.65. The molecule has 4 N–H and O–H groups in total. The highest BCUT2D eigenvalue weighted by Gasteiger charge is 2.54. The lowest BCUT2D eigenvalue weighted by molar-refractivity contribution is -0.385. The summed E-state index contributed by atoms with van der Waals surface area (Å²) < 4.78 is 0. The number of carboxylic acids is 2. The molecule has 220 valence electrons. The molecule has 4 rings (SSSR count). The van der Waals surface area contributed by atoms with Crippen LogP contribution >= 0.6 is 23.1 Å². The van der Waals surface area contributed by atoms with Gasteiger partial charge in [0.1, 0.15) is 11.4 Å². The third kappa shape index (κ3) is 6.03. The van der Waals surface area contributed by atoms with Gasteiger partial charge >= 0.3 is 11.9 Å². The standard InChI is InChI=1S/C26H25N5O9S2/c1-12-4-5-13(17(8-12)31(38)39)6-7-14-10-41-22-15(21(33)30(22)20(14)23(34)35)9-18(32)19(16-11-42-25(27)28-16)29-40-26(2,3)24(36)37/h4-8,11,15,22H,9-10H2,1-3H3,(H2,27,28)(H,34,35)(H,36,37)/b7-6+,29-19-. The number of ketones is 1. The van der Waals surface area contributed by atoms with Gasteiger partial charge in [-0.2, -0.15) is 0 Å². The van der Waals surface area contributed by atoms with Crippen LogP contribution < -0.4 is 5.73 Å². The fourth-order valence-electron chi connectivity index (χ4n) is 4.18. The predicted octanol–water partition coefficient (Wildman–Crippen LogP) is 3.07. The lowest BCUT2D eigenvalue weighted by Gasteiger charge is -2.49. The second-order valence-electron chi connectivity index (χ2n) is 9.89. The molecule has 2 aliphatic heterocycles. The number of anilines is 1. The zero-order valence-corrected chi connectivity index (χ0v) is 24.1. The van der Waals surface area contributed by atoms with Crippen molar-refractivity contribution in [3.8, 4) is 0 Å². The number of rotatable bonds is 11. The number of carboxylic acid groups (broad SMARTS) is 2. The summed E-state index contributed by atoms with van der Waals surface area (Å²) in [7, 11) is 0. The number of nitrogen functional groups attached to an aromatic ring is 1. The number of oxime groups is 1. The highest BCUT2D eigenvalue weighted by Crippen LogP contribution is 2.45. The van der Waals surface area contributed by atoms with E-state index in [4.69, 9.17) is 10.6 Å². The number of nitro groups is 1. The largest absolute Gasteiger partial charge is 0.478 e. The van der Waals surface area contributed by atoms with Crippen LogP contribution in [0.3, 0.4) is 0 Å². The number of nitro benzene ring substituents is 1. The number of aliphatic carboxylic acids is 2. The molecule has 0 spiro atoms. The quantitative estimate of drug-likeness (QED) is 0.144. The van der Waals surface area contributed by atoms with Crippen LogP contribution in [0.4, 0.5) is 10.8 Å². The normalized spacial score (nSPS) is 19.0. The number of hydrogen-bond donors (Lipinski definition) is 3. The second-order valence-corrected chi connectivity index (χ2v) is 11.9. The van der Waals surface area contributed by atoms with Crippen LogP contribution in [0, 0.1) is 23.0 Å². The monoisotopic (exact) mass is 615 g/mol. The molecule has 1 aromatic carbocycles. The summed E-state index contributed by atoms with van der Waals surface area (Å²) in [6.45, 7) is 4.20. The van der Waals surface area contributed by atoms with E-state index in [2.05, 4.69) is 10.1 Å². The fraction of sp³-hybridized carbons (Fsp3) is 0.308. The predicted molar refractivity (Wildman–Crippen MR) is 154 cm³/mol. The van der Waals surface area contributed by atoms with Crippen molar-refractivity contribution >= 4 is 69.3 Å². The maximum atomic E-state index is 13.3. The van der Waals surface area contributed by atoms with E-state index >= 15 is 0 Å². The Morgan fingerprint density at radius 1 is 1.31 bits per heavy atom. The number of benzene rings is 1. The highest BCUT2D eigenvalue weighted by atomic mass is 32.2. The molecular weight excluding hydrogens is 590 g/mol. The molecule has 16 heteroatoms. The number of aromatic nitrogens is 1. The lowest BCUT2D eigenvalue weighted by Crippen LogP contribution is -2.62. The molecule has 1 amide bonds. The molecule has 1 aromatic heterocycles. The molecule has 0 radical (unpaired) electrons. The molecule has 2 unspecified atom stereocenters. The number of fused-ring (bicyclic) bond motifs is 1. The van der Waals surface area contributed by atoms with E-state index in [-0.39, 0.29) is 51.2 Å². The Labute approximate surface area is 246 Å². The SMILES string of the molecule is Cc1ccc(/C=C/C2=C(C(=O)O)N3C(=O)C(CC(=O)/C(=N\OC(C)(C)C(=O)O)c4csc(N)n4)C3SC2)c([N+](=O)[O-])c1. The van der Waals surface area contributed by atoms with E-state index in [0.29, 0.717) is 5.56 Å². The first kappa shape index (κ1) is 30.4. The van der Waals surface area contributed by atoms with Gasteiger partial charge in [0.25, 0.3) is 5.69 Å². The van der Waals surface area contributed by atoms with E-state index in [9.17, 15) is 39.5 Å². The van der Waals surface area contributed by atoms with Crippen molar-refractivity contribution in [3.63, 3.8) is 0 Å². The molecule has 0 saturated carbocycles. The van der Waals surface area contributed by atoms with Gasteiger partial charge in [0.15, 0.2) is 16.6 Å². The first-order valence-electron chi connectivity index (χ1n) is 12.3. The van der Waals surface area contributed by atoms with Crippen molar-refractivity contribution in [1.82, 2.24) is 9.88 Å². The molecule has 1 saturated heterocycles. The third-order valence-electron chi connectivity index (χ3n) is 6.47. The van der Waals surface area contributed by atoms with Gasteiger partial charge in [-0.15, -0.1) is 23.1 Å². The maximum absolute atomic E-state index is 13.3. The maximum Gasteiger partial charge on any atom is 0.352 e. The van der Waals surface area contributed by atoms with Crippen molar-refractivity contribution in [1.29, 1.82) is 0 Å². The summed E-state index contributed by atoms with van der Waals surface area (Å²) in [6.07, 6.45) is 2.51. The number of allylic oxidation sites excluding steroid dienone is 1. The molecule has 0 aliphatic carbocycles. The van der Waals surface area contributed by atoms with Crippen LogP contribution in [-0.2, 0) is 24.0 Å². The Morgan fingerprint density at radius 3 is 2.62 bits per heavy atom. The van der Waals surface area contributed by atoms with Crippen LogP contribution in [0.2, 0.25) is 0 Å². The van der Waals surface area contributed by atoms with Gasteiger partial charge in [-0.3, -0.25) is 24.6 Å². The van der Waals surface area contributed by atoms with Gasteiger partial charge in [0, 0.05) is 23.6 Å². The zero-order chi connectivity index (χ0) is 30.9. The molecule has 14 nitrogen and oxygen atoms in total. The molecule has 42 heavy (non-hydrogen) atoms. The Morgan fingerprint density at radius 2 is 2.02 bits per heavy atom. The number of thiazole rings is 1. The van der Waals surface area contributed by atoms with E-state index in [1.807, 2.05) is 0 Å². The molecule has 1 fully saturated rings. The summed E-state index contributed by atoms with van der Waals surface area (Å²) in [5.74, 6) is -4.69. The van der Waals surface area contributed by atoms with Gasteiger partial charge < -0.3 is 20.8 Å². The van der Waals surface area contributed by atoms with E-state index in [0.717, 1.165) is 16.2 Å². The van der Waals surface area contributed by atoms with Crippen molar-refractivity contribution in [3.05, 3.63) is 67.9 Å². The van der Waals surface area contributed by atoms with Crippen molar-refractivity contribution in [2.45, 2.75) is 38.2 Å². The number of amides is 1. The number of carbonyl (C=O) groups is 4. The lowest BCUT2D eigenvalue weighted by atomic mass is 9.89. The Kier molecular flexibility index (Phi) is 8.49. The number of hydrogen-bond acceptors (Lipinski definition) is 12. The minimum absolute atomic E-state index is 0.0485. The average molecular weight is 616 g/mol. The Balaban J connectivity index is 1.58. The number of aryl methyl sites for hydroxylation is 1. The number of β-lactam (4-membered cyclic amide) rings is 1. The molecular formula is C26H25N5O9S2. The van der Waals surface area contributed by atoms with Gasteiger partial charge in [-0.1, -0.05) is 17.3 Å². The number of Topliss-reactive ketones (excluding diaryl/α,β-unsaturated/α-hetero) is 1. The van der Waals surface area contributed by atoms with Gasteiger partial charge in [-0.05, 0) is 44.1 Å². The van der Waals surface area contributed by atoms with Crippen LogP contribution in [-0.4, -0.2) is 71.1 Å². The van der Waals surface area contributed by atoms with Crippen molar-refractivity contribution < 1.29 is 39.2 Å². The molecule has 3 heterocycles. The second kappa shape index (κ2) is 11.7. The van der Waals surface area contributed by atoms with Crippen molar-refractivity contribution in [2.24, 2.45) is 11.1 Å². The van der Waals surface area contributed by atoms with Gasteiger partial charge in [-0.25, -0.2) is 14.6 Å². The first-order chi connectivity index (χ1) is 19.7. The number of nitrogens with zero attached hydrogens (tertiary/aromatic N) is 4. The van der Waals surface area contributed by atoms with E-state index < -0.39 is 45.4 Å². The molecule has 2 atom stereocenters. The van der Waals surface area contributed by atoms with E-state index in [1.165, 1.54) is 49.2 Å². The summed E-state index contributed by atoms with van der Waals surface area (Å²) >= 11 is 2.27. The minimum Gasteiger partial charge on any atom is -0.478 e. The first-order valence-corrected chi connectivity index (χ1v) is 14.2. The topological polar surface area (TPSA) is 216 Å². The molecule has 2 aromatic rings. The van der Waals surface area contributed by atoms with E-state index in [1.54, 1.807) is 19.1 Å². The summed E-state index contributed by atoms with van der Waals surface area (Å²) in [5, 5.41) is 35.4. The van der Waals surface area contributed by atoms with Crippen LogP contribution in [0.1, 0.15) is 37.1 Å². The summed E-state index contributed by atoms with van der Waals surface area (Å²) in [4.78, 5) is 71.3. The van der Waals surface area contributed by atoms with Crippen LogP contribution in [0.25, 0.3) is 6.08 Å². The third-order valence-corrected chi connectivity index (χ3v) is 8.50. The van der Waals surface area contributed by atoms with Crippen LogP contribution in [0.5, 0.6) is 0 Å². The minimum atomic E-state index is -1.76. The highest BCUT2D eigenvalue weighted by molar-refractivity contribution is 8.00. The average Bonchev–Trinajstić information content (AvgIpc) is 3.35. The molecule has 0 bridgehead atoms. The zero-order valence-electron chi connectivity index (χ0n) is 22.5. The summed E-state index contributed by atoms with van der Waals surface area (Å²) in [5.41, 5.74) is 4.48. The van der Waals surface area contributed by atoms with Crippen molar-refractivity contribution in [2.75, 3.05) is 11.5 Å². The number of nitrogens with two attached hydrogens (primary N) is 1. The van der Waals surface area contributed by atoms with Gasteiger partial charge in [0.05, 0.1) is 21.8 Å². The number of carbonyl (C=O) groups excluding carboxylic acids is 2. The molecule has 2 aliphatic rings. The number of thioether (sulfide) groups is 1. The Hall–Kier alpha value is -4.57. The Bertz CT molecular complexity index is 1590. The van der Waals surface area contributed by atoms with Crippen LogP contribution in [0.15, 0.2) is 46.1 Å². The fourth-order valence-corrected chi connectivity index (χ4v) is 6.12.